The Kier molecular flexibility index (Phi) is 9.40. The van der Waals surface area contributed by atoms with E-state index in [9.17, 15) is 18.8 Å². The molecule has 0 bridgehead atoms. The van der Waals surface area contributed by atoms with Crippen LogP contribution in [0.25, 0.3) is 0 Å². The third-order valence-corrected chi connectivity index (χ3v) is 5.88. The number of methoxy groups -OCH3 is 1. The van der Waals surface area contributed by atoms with E-state index >= 15 is 0 Å². The number of nitriles is 1. The van der Waals surface area contributed by atoms with Crippen molar-refractivity contribution in [3.05, 3.63) is 78.0 Å². The Morgan fingerprint density at radius 1 is 1.26 bits per heavy atom. The van der Waals surface area contributed by atoms with Crippen LogP contribution < -0.4 is 20.1 Å². The molecule has 182 valence electrons. The maximum Gasteiger partial charge on any atom is 0.229 e. The van der Waals surface area contributed by atoms with Crippen LogP contribution in [0.5, 0.6) is 5.75 Å². The molecule has 2 heterocycles. The Bertz CT molecular complexity index is 1200. The third kappa shape index (κ3) is 6.91. The van der Waals surface area contributed by atoms with Crippen LogP contribution in [0.3, 0.4) is 0 Å². The lowest BCUT2D eigenvalue weighted by Crippen LogP contribution is -2.41. The average Bonchev–Trinajstić information content (AvgIpc) is 2.90. The van der Waals surface area contributed by atoms with Crippen LogP contribution >= 0.6 is 11.9 Å². The van der Waals surface area contributed by atoms with Gasteiger partial charge in [0, 0.05) is 25.0 Å². The van der Waals surface area contributed by atoms with Crippen LogP contribution in [-0.4, -0.2) is 31.1 Å². The molecule has 1 fully saturated rings. The third-order valence-electron chi connectivity index (χ3n) is 5.42. The molecule has 0 spiro atoms. The van der Waals surface area contributed by atoms with Crippen LogP contribution in [0.1, 0.15) is 18.4 Å². The summed E-state index contributed by atoms with van der Waals surface area (Å²) < 4.78 is 29.3. The number of nitrogens with two attached hydrogens (primary N) is 1. The number of halogens is 2. The van der Waals surface area contributed by atoms with Crippen molar-refractivity contribution in [2.24, 2.45) is 11.1 Å². The number of hydrogen-bond acceptors (Lipinski definition) is 7. The number of aromatic nitrogens is 1. The second kappa shape index (κ2) is 12.7. The molecule has 1 unspecified atom stereocenters. The van der Waals surface area contributed by atoms with Gasteiger partial charge in [-0.05, 0) is 61.2 Å². The molecule has 1 aliphatic heterocycles. The summed E-state index contributed by atoms with van der Waals surface area (Å²) in [5, 5.41) is 18.4. The van der Waals surface area contributed by atoms with E-state index in [1.807, 2.05) is 24.3 Å². The SMILES string of the molecule is COc1cccc(F)c1F.N#Cc1ccccc1N1CCCC(C(=O)Nc2ccnc(SN)c2)C1. The smallest absolute Gasteiger partial charge is 0.229 e. The molecular formula is C25H25F2N5O2S. The van der Waals surface area contributed by atoms with Gasteiger partial charge in [0.05, 0.1) is 24.3 Å². The summed E-state index contributed by atoms with van der Waals surface area (Å²) in [5.41, 5.74) is 2.23. The minimum absolute atomic E-state index is 0.0155. The number of para-hydroxylation sites is 1. The number of anilines is 2. The predicted molar refractivity (Wildman–Crippen MR) is 132 cm³/mol. The highest BCUT2D eigenvalue weighted by Gasteiger charge is 2.27. The summed E-state index contributed by atoms with van der Waals surface area (Å²) in [7, 11) is 1.29. The van der Waals surface area contributed by atoms with Crippen LogP contribution in [0, 0.1) is 28.9 Å². The molecule has 1 aromatic heterocycles. The topological polar surface area (TPSA) is 104 Å². The van der Waals surface area contributed by atoms with Crippen molar-refractivity contribution < 1.29 is 18.3 Å². The number of hydrogen-bond donors (Lipinski definition) is 2. The molecular weight excluding hydrogens is 472 g/mol. The number of nitrogens with one attached hydrogen (secondary N) is 1. The van der Waals surface area contributed by atoms with E-state index < -0.39 is 11.6 Å². The maximum absolute atomic E-state index is 12.6. The molecule has 0 aliphatic carbocycles. The zero-order valence-corrected chi connectivity index (χ0v) is 19.9. The van der Waals surface area contributed by atoms with E-state index in [1.165, 1.54) is 19.2 Å². The van der Waals surface area contributed by atoms with Crippen molar-refractivity contribution in [3.8, 4) is 11.8 Å². The molecule has 3 N–H and O–H groups in total. The second-order valence-electron chi connectivity index (χ2n) is 7.66. The van der Waals surface area contributed by atoms with E-state index in [0.29, 0.717) is 22.8 Å². The molecule has 4 rings (SSSR count). The van der Waals surface area contributed by atoms with Gasteiger partial charge in [-0.15, -0.1) is 0 Å². The first kappa shape index (κ1) is 25.9. The van der Waals surface area contributed by atoms with E-state index in [4.69, 9.17) is 5.14 Å². The van der Waals surface area contributed by atoms with Gasteiger partial charge in [0.2, 0.25) is 11.7 Å². The minimum atomic E-state index is -0.940. The molecule has 1 aliphatic rings. The van der Waals surface area contributed by atoms with Gasteiger partial charge in [0.1, 0.15) is 11.1 Å². The molecule has 1 amide bonds. The van der Waals surface area contributed by atoms with Crippen molar-refractivity contribution in [3.63, 3.8) is 0 Å². The lowest BCUT2D eigenvalue weighted by Gasteiger charge is -2.34. The van der Waals surface area contributed by atoms with E-state index in [0.717, 1.165) is 43.1 Å². The molecule has 10 heteroatoms. The second-order valence-corrected chi connectivity index (χ2v) is 8.31. The zero-order chi connectivity index (χ0) is 25.2. The number of pyridine rings is 1. The largest absolute Gasteiger partial charge is 0.494 e. The summed E-state index contributed by atoms with van der Waals surface area (Å²) in [6.07, 6.45) is 3.37. The summed E-state index contributed by atoms with van der Waals surface area (Å²) in [4.78, 5) is 18.9. The summed E-state index contributed by atoms with van der Waals surface area (Å²) in [5.74, 6) is -2.04. The van der Waals surface area contributed by atoms with Gasteiger partial charge >= 0.3 is 0 Å². The molecule has 0 saturated carbocycles. The monoisotopic (exact) mass is 497 g/mol. The van der Waals surface area contributed by atoms with E-state index in [1.54, 1.807) is 18.3 Å². The highest BCUT2D eigenvalue weighted by Crippen LogP contribution is 2.27. The molecule has 35 heavy (non-hydrogen) atoms. The Morgan fingerprint density at radius 3 is 2.77 bits per heavy atom. The minimum Gasteiger partial charge on any atom is -0.494 e. The van der Waals surface area contributed by atoms with Crippen molar-refractivity contribution >= 4 is 29.2 Å². The number of rotatable bonds is 5. The van der Waals surface area contributed by atoms with Crippen LogP contribution in [-0.2, 0) is 4.79 Å². The number of ether oxygens (including phenoxy) is 1. The van der Waals surface area contributed by atoms with Gasteiger partial charge in [0.25, 0.3) is 0 Å². The molecule has 0 radical (unpaired) electrons. The van der Waals surface area contributed by atoms with Gasteiger partial charge in [0.15, 0.2) is 11.6 Å². The Hall–Kier alpha value is -3.68. The quantitative estimate of drug-likeness (QED) is 0.490. The lowest BCUT2D eigenvalue weighted by molar-refractivity contribution is -0.120. The zero-order valence-electron chi connectivity index (χ0n) is 19.1. The van der Waals surface area contributed by atoms with E-state index in [2.05, 4.69) is 26.0 Å². The van der Waals surface area contributed by atoms with Crippen molar-refractivity contribution in [2.75, 3.05) is 30.4 Å². The first-order valence-corrected chi connectivity index (χ1v) is 11.7. The van der Waals surface area contributed by atoms with Gasteiger partial charge in [-0.25, -0.2) is 9.37 Å². The highest BCUT2D eigenvalue weighted by atomic mass is 32.2. The van der Waals surface area contributed by atoms with Crippen LogP contribution in [0.4, 0.5) is 20.2 Å². The highest BCUT2D eigenvalue weighted by molar-refractivity contribution is 7.97. The Morgan fingerprint density at radius 2 is 2.06 bits per heavy atom. The summed E-state index contributed by atoms with van der Waals surface area (Å²) >= 11 is 1.05. The average molecular weight is 498 g/mol. The van der Waals surface area contributed by atoms with E-state index in [-0.39, 0.29) is 17.6 Å². The fourth-order valence-corrected chi connectivity index (χ4v) is 4.01. The molecule has 3 aromatic rings. The number of carbonyl (C=O) groups is 1. The molecule has 1 atom stereocenters. The maximum atomic E-state index is 12.6. The van der Waals surface area contributed by atoms with Crippen molar-refractivity contribution in [2.45, 2.75) is 17.9 Å². The number of nitrogens with zero attached hydrogens (tertiary/aromatic N) is 3. The van der Waals surface area contributed by atoms with Gasteiger partial charge < -0.3 is 15.0 Å². The number of piperidine rings is 1. The van der Waals surface area contributed by atoms with Gasteiger partial charge in [-0.3, -0.25) is 9.93 Å². The van der Waals surface area contributed by atoms with Crippen LogP contribution in [0.15, 0.2) is 65.8 Å². The first-order valence-electron chi connectivity index (χ1n) is 10.8. The molecule has 7 nitrogen and oxygen atoms in total. The molecule has 2 aromatic carbocycles. The van der Waals surface area contributed by atoms with Crippen molar-refractivity contribution in [1.82, 2.24) is 4.98 Å². The first-order chi connectivity index (χ1) is 17.0. The van der Waals surface area contributed by atoms with Gasteiger partial charge in [-0.2, -0.15) is 9.65 Å². The van der Waals surface area contributed by atoms with Crippen LogP contribution in [0.2, 0.25) is 0 Å². The fraction of sp³-hybridized carbons (Fsp3) is 0.240. The summed E-state index contributed by atoms with van der Waals surface area (Å²) in [6.45, 7) is 1.46. The lowest BCUT2D eigenvalue weighted by atomic mass is 9.96. The summed E-state index contributed by atoms with van der Waals surface area (Å²) in [6, 6.07) is 17.0. The number of amides is 1. The fourth-order valence-electron chi connectivity index (χ4n) is 3.69. The predicted octanol–water partition coefficient (Wildman–Crippen LogP) is 4.75. The van der Waals surface area contributed by atoms with Gasteiger partial charge in [-0.1, -0.05) is 18.2 Å². The standard InChI is InChI=1S/C18H19N5OS.C7H6F2O/c19-11-13-4-1-2-6-16(13)23-9-3-5-14(12-23)18(24)22-15-7-8-21-17(10-15)25-20;1-10-6-4-2-3-5(8)7(6)9/h1-2,4,6-8,10,14H,3,5,9,12,20H2,(H,21,22,24);2-4H,1H3. The Labute approximate surface area is 207 Å². The number of carbonyl (C=O) groups excluding carboxylic acids is 1. The normalized spacial score (nSPS) is 14.8. The number of benzene rings is 2. The molecule has 1 saturated heterocycles. The Balaban J connectivity index is 0.000000287. The van der Waals surface area contributed by atoms with Crippen molar-refractivity contribution in [1.29, 1.82) is 5.26 Å².